The van der Waals surface area contributed by atoms with Crippen LogP contribution in [0, 0.1) is 24.0 Å². The number of hydrogen-bond donors (Lipinski definition) is 3. The molecule has 33 heavy (non-hydrogen) atoms. The summed E-state index contributed by atoms with van der Waals surface area (Å²) in [6.07, 6.45) is 0. The minimum absolute atomic E-state index is 0.109. The van der Waals surface area contributed by atoms with Gasteiger partial charge in [0.25, 0.3) is 11.6 Å². The van der Waals surface area contributed by atoms with Crippen LogP contribution in [0.4, 0.5) is 17.1 Å². The zero-order valence-corrected chi connectivity index (χ0v) is 19.2. The average Bonchev–Trinajstić information content (AvgIpc) is 2.77. The topological polar surface area (TPSA) is 106 Å². The average molecular weight is 465 g/mol. The van der Waals surface area contributed by atoms with Crippen molar-refractivity contribution in [3.63, 3.8) is 0 Å². The lowest BCUT2D eigenvalue weighted by atomic mass is 10.1. The summed E-state index contributed by atoms with van der Waals surface area (Å²) in [6.45, 7) is 3.92. The molecule has 3 N–H and O–H groups in total. The Morgan fingerprint density at radius 3 is 2.27 bits per heavy atom. The first-order valence-electron chi connectivity index (χ1n) is 10.1. The van der Waals surface area contributed by atoms with Gasteiger partial charge in [0.15, 0.2) is 5.11 Å². The molecule has 3 aromatic rings. The first-order chi connectivity index (χ1) is 15.8. The summed E-state index contributed by atoms with van der Waals surface area (Å²) >= 11 is 5.43. The van der Waals surface area contributed by atoms with Crippen molar-refractivity contribution in [3.8, 4) is 5.75 Å². The number of thiocarbonyl (C=S) groups is 1. The van der Waals surface area contributed by atoms with E-state index in [9.17, 15) is 14.9 Å². The van der Waals surface area contributed by atoms with Gasteiger partial charge in [-0.15, -0.1) is 0 Å². The number of nitrogens with one attached hydrogen (secondary N) is 3. The fourth-order valence-corrected chi connectivity index (χ4v) is 3.63. The number of hydrogen-bond acceptors (Lipinski definition) is 5. The van der Waals surface area contributed by atoms with E-state index in [0.717, 1.165) is 11.1 Å². The molecule has 1 unspecified atom stereocenters. The third-order valence-corrected chi connectivity index (χ3v) is 5.02. The molecule has 0 saturated carbocycles. The van der Waals surface area contributed by atoms with Gasteiger partial charge >= 0.3 is 0 Å². The zero-order chi connectivity index (χ0) is 24.0. The summed E-state index contributed by atoms with van der Waals surface area (Å²) in [4.78, 5) is 23.9. The summed E-state index contributed by atoms with van der Waals surface area (Å²) in [7, 11) is 1.45. The van der Waals surface area contributed by atoms with Gasteiger partial charge < -0.3 is 20.7 Å². The van der Waals surface area contributed by atoms with E-state index in [0.29, 0.717) is 22.7 Å². The molecule has 0 aromatic heterocycles. The van der Waals surface area contributed by atoms with Crippen LogP contribution in [-0.4, -0.2) is 23.1 Å². The maximum absolute atomic E-state index is 13.2. The smallest absolute Gasteiger partial charge is 0.271 e. The van der Waals surface area contributed by atoms with Crippen LogP contribution < -0.4 is 20.7 Å². The van der Waals surface area contributed by atoms with Gasteiger partial charge in [0.2, 0.25) is 0 Å². The monoisotopic (exact) mass is 464 g/mol. The van der Waals surface area contributed by atoms with Crippen LogP contribution in [0.15, 0.2) is 66.7 Å². The van der Waals surface area contributed by atoms with Crippen molar-refractivity contribution in [1.29, 1.82) is 0 Å². The fourth-order valence-electron chi connectivity index (χ4n) is 3.40. The molecule has 1 amide bonds. The summed E-state index contributed by atoms with van der Waals surface area (Å²) in [5.74, 6) is 0.0713. The minimum atomic E-state index is -0.809. The third-order valence-electron chi connectivity index (χ3n) is 4.80. The predicted octanol–water partition coefficient (Wildman–Crippen LogP) is 4.89. The van der Waals surface area contributed by atoms with Crippen molar-refractivity contribution in [1.82, 2.24) is 5.32 Å². The first kappa shape index (κ1) is 23.7. The van der Waals surface area contributed by atoms with E-state index in [-0.39, 0.29) is 16.7 Å². The van der Waals surface area contributed by atoms with Crippen molar-refractivity contribution in [2.75, 3.05) is 17.7 Å². The van der Waals surface area contributed by atoms with Crippen molar-refractivity contribution >= 4 is 40.3 Å². The van der Waals surface area contributed by atoms with Gasteiger partial charge in [0.1, 0.15) is 11.8 Å². The van der Waals surface area contributed by atoms with Crippen LogP contribution in [0.2, 0.25) is 0 Å². The normalized spacial score (nSPS) is 11.2. The van der Waals surface area contributed by atoms with E-state index < -0.39 is 11.0 Å². The second-order valence-electron chi connectivity index (χ2n) is 7.45. The summed E-state index contributed by atoms with van der Waals surface area (Å²) in [5, 5.41) is 20.1. The maximum Gasteiger partial charge on any atom is 0.271 e. The Morgan fingerprint density at radius 1 is 1.00 bits per heavy atom. The molecule has 8 nitrogen and oxygen atoms in total. The number of anilines is 2. The molecule has 0 fully saturated rings. The Hall–Kier alpha value is -3.98. The van der Waals surface area contributed by atoms with E-state index in [4.69, 9.17) is 17.0 Å². The van der Waals surface area contributed by atoms with Gasteiger partial charge in [0, 0.05) is 17.8 Å². The number of nitro groups is 1. The minimum Gasteiger partial charge on any atom is -0.495 e. The first-order valence-corrected chi connectivity index (χ1v) is 10.5. The van der Waals surface area contributed by atoms with Crippen molar-refractivity contribution in [3.05, 3.63) is 93.5 Å². The molecule has 0 radical (unpaired) electrons. The van der Waals surface area contributed by atoms with E-state index in [1.165, 1.54) is 25.3 Å². The Kier molecular flexibility index (Phi) is 7.57. The largest absolute Gasteiger partial charge is 0.495 e. The predicted molar refractivity (Wildman–Crippen MR) is 133 cm³/mol. The molecule has 0 heterocycles. The summed E-state index contributed by atoms with van der Waals surface area (Å²) < 4.78 is 5.27. The van der Waals surface area contributed by atoms with Crippen molar-refractivity contribution in [2.45, 2.75) is 19.9 Å². The fraction of sp³-hybridized carbons (Fsp3) is 0.167. The molecule has 0 aliphatic rings. The van der Waals surface area contributed by atoms with Crippen LogP contribution in [0.5, 0.6) is 5.75 Å². The van der Waals surface area contributed by atoms with Gasteiger partial charge in [-0.3, -0.25) is 14.9 Å². The number of non-ortho nitro benzene ring substituents is 1. The second-order valence-corrected chi connectivity index (χ2v) is 7.86. The molecular weight excluding hydrogens is 440 g/mol. The van der Waals surface area contributed by atoms with E-state index in [1.54, 1.807) is 0 Å². The number of aryl methyl sites for hydroxylation is 2. The lowest BCUT2D eigenvalue weighted by molar-refractivity contribution is -0.384. The van der Waals surface area contributed by atoms with Crippen LogP contribution in [0.3, 0.4) is 0 Å². The van der Waals surface area contributed by atoms with Gasteiger partial charge in [-0.25, -0.2) is 0 Å². The summed E-state index contributed by atoms with van der Waals surface area (Å²) in [5.41, 5.74) is 3.64. The number of nitrogens with zero attached hydrogens (tertiary/aromatic N) is 1. The third kappa shape index (κ3) is 6.27. The Labute approximate surface area is 197 Å². The molecular formula is C24H24N4O4S. The SMILES string of the molecule is COc1ccc([N+](=O)[O-])cc1NC(=S)NC(C(=O)Nc1cc(C)cc(C)c1)c1ccccc1. The molecule has 170 valence electrons. The van der Waals surface area contributed by atoms with E-state index >= 15 is 0 Å². The van der Waals surface area contributed by atoms with Gasteiger partial charge in [-0.2, -0.15) is 0 Å². The maximum atomic E-state index is 13.2. The Morgan fingerprint density at radius 2 is 1.67 bits per heavy atom. The standard InChI is InChI=1S/C24H24N4O4S/c1-15-11-16(2)13-18(12-15)25-23(29)22(17-7-5-4-6-8-17)27-24(33)26-20-14-19(28(30)31)9-10-21(20)32-3/h4-14,22H,1-3H3,(H,25,29)(H2,26,27,33). The molecule has 3 rings (SSSR count). The molecule has 9 heteroatoms. The van der Waals surface area contributed by atoms with Gasteiger partial charge in [-0.1, -0.05) is 36.4 Å². The quantitative estimate of drug-likeness (QED) is 0.260. The molecule has 3 aromatic carbocycles. The van der Waals surface area contributed by atoms with E-state index in [2.05, 4.69) is 16.0 Å². The van der Waals surface area contributed by atoms with E-state index in [1.807, 2.05) is 62.4 Å². The highest BCUT2D eigenvalue weighted by Crippen LogP contribution is 2.29. The molecule has 0 aliphatic carbocycles. The Bertz CT molecular complexity index is 1160. The number of rotatable bonds is 7. The van der Waals surface area contributed by atoms with Gasteiger partial charge in [-0.05, 0) is 61.0 Å². The van der Waals surface area contributed by atoms with Crippen molar-refractivity contribution in [2.24, 2.45) is 0 Å². The lowest BCUT2D eigenvalue weighted by Crippen LogP contribution is -2.39. The molecule has 0 bridgehead atoms. The summed E-state index contributed by atoms with van der Waals surface area (Å²) in [6, 6.07) is 18.3. The number of methoxy groups -OCH3 is 1. The molecule has 0 saturated heterocycles. The highest BCUT2D eigenvalue weighted by atomic mass is 32.1. The number of carbonyl (C=O) groups excluding carboxylic acids is 1. The number of nitro benzene ring substituents is 1. The van der Waals surface area contributed by atoms with Crippen LogP contribution in [0.25, 0.3) is 0 Å². The van der Waals surface area contributed by atoms with Crippen LogP contribution in [-0.2, 0) is 4.79 Å². The number of amides is 1. The van der Waals surface area contributed by atoms with Gasteiger partial charge in [0.05, 0.1) is 17.7 Å². The molecule has 1 atom stereocenters. The lowest BCUT2D eigenvalue weighted by Gasteiger charge is -2.22. The Balaban J connectivity index is 1.84. The number of benzene rings is 3. The highest BCUT2D eigenvalue weighted by Gasteiger charge is 2.22. The highest BCUT2D eigenvalue weighted by molar-refractivity contribution is 7.80. The number of ether oxygens (including phenoxy) is 1. The molecule has 0 aliphatic heterocycles. The van der Waals surface area contributed by atoms with Crippen LogP contribution >= 0.6 is 12.2 Å². The zero-order valence-electron chi connectivity index (χ0n) is 18.4. The second kappa shape index (κ2) is 10.6. The number of carbonyl (C=O) groups is 1. The molecule has 0 spiro atoms. The van der Waals surface area contributed by atoms with Crippen LogP contribution in [0.1, 0.15) is 22.7 Å². The van der Waals surface area contributed by atoms with Crippen molar-refractivity contribution < 1.29 is 14.5 Å².